The lowest BCUT2D eigenvalue weighted by Gasteiger charge is -2.17. The summed E-state index contributed by atoms with van der Waals surface area (Å²) < 4.78 is 5.91. The van der Waals surface area contributed by atoms with Crippen molar-refractivity contribution >= 4 is 5.69 Å². The summed E-state index contributed by atoms with van der Waals surface area (Å²) in [6.07, 6.45) is 0.981. The van der Waals surface area contributed by atoms with Gasteiger partial charge in [0, 0.05) is 23.2 Å². The van der Waals surface area contributed by atoms with Gasteiger partial charge in [0.05, 0.1) is 0 Å². The number of nitrogen functional groups attached to an aromatic ring is 1. The van der Waals surface area contributed by atoms with Crippen LogP contribution in [0, 0.1) is 13.8 Å². The van der Waals surface area contributed by atoms with Crippen molar-refractivity contribution < 1.29 is 4.74 Å². The number of benzene rings is 1. The van der Waals surface area contributed by atoms with Crippen LogP contribution in [-0.2, 0) is 6.42 Å². The molecular formula is C12H17NO. The molecule has 2 nitrogen and oxygen atoms in total. The highest BCUT2D eigenvalue weighted by molar-refractivity contribution is 5.61. The molecule has 0 saturated carbocycles. The number of hydrogen-bond acceptors (Lipinski definition) is 2. The number of ether oxygens (including phenoxy) is 1. The van der Waals surface area contributed by atoms with Crippen LogP contribution in [0.2, 0.25) is 0 Å². The first-order chi connectivity index (χ1) is 6.41. The summed E-state index contributed by atoms with van der Waals surface area (Å²) in [5.74, 6) is 1.01. The zero-order chi connectivity index (χ0) is 10.5. The van der Waals surface area contributed by atoms with Gasteiger partial charge in [-0.15, -0.1) is 0 Å². The standard InChI is InChI=1S/C12H17NO/c1-7-5-10(13)8(2)11-9(7)6-12(3,4)14-11/h5H,6,13H2,1-4H3. The maximum absolute atomic E-state index is 5.91. The van der Waals surface area contributed by atoms with Gasteiger partial charge < -0.3 is 10.5 Å². The quantitative estimate of drug-likeness (QED) is 0.640. The molecule has 14 heavy (non-hydrogen) atoms. The second kappa shape index (κ2) is 2.66. The minimum atomic E-state index is -0.0777. The second-order valence-corrected chi connectivity index (χ2v) is 4.75. The summed E-state index contributed by atoms with van der Waals surface area (Å²) in [5, 5.41) is 0. The van der Waals surface area contributed by atoms with Gasteiger partial charge in [0.25, 0.3) is 0 Å². The third-order valence-corrected chi connectivity index (χ3v) is 2.88. The van der Waals surface area contributed by atoms with Crippen molar-refractivity contribution in [3.05, 3.63) is 22.8 Å². The predicted molar refractivity (Wildman–Crippen MR) is 58.7 cm³/mol. The fourth-order valence-corrected chi connectivity index (χ4v) is 2.06. The summed E-state index contributed by atoms with van der Waals surface area (Å²) in [6, 6.07) is 2.04. The Hall–Kier alpha value is -1.18. The second-order valence-electron chi connectivity index (χ2n) is 4.75. The molecule has 0 fully saturated rings. The molecule has 0 bridgehead atoms. The van der Waals surface area contributed by atoms with Gasteiger partial charge >= 0.3 is 0 Å². The molecule has 0 amide bonds. The number of anilines is 1. The first-order valence-electron chi connectivity index (χ1n) is 4.98. The number of nitrogens with two attached hydrogens (primary N) is 1. The van der Waals surface area contributed by atoms with E-state index in [1.165, 1.54) is 11.1 Å². The molecule has 2 rings (SSSR count). The molecule has 0 aliphatic carbocycles. The highest BCUT2D eigenvalue weighted by Gasteiger charge is 2.32. The van der Waals surface area contributed by atoms with Gasteiger partial charge in [0.2, 0.25) is 0 Å². The van der Waals surface area contributed by atoms with Crippen LogP contribution in [0.15, 0.2) is 6.07 Å². The van der Waals surface area contributed by atoms with Crippen molar-refractivity contribution in [2.45, 2.75) is 39.7 Å². The van der Waals surface area contributed by atoms with Gasteiger partial charge in [0.1, 0.15) is 11.4 Å². The zero-order valence-electron chi connectivity index (χ0n) is 9.27. The minimum absolute atomic E-state index is 0.0777. The van der Waals surface area contributed by atoms with Crippen molar-refractivity contribution in [3.63, 3.8) is 0 Å². The molecule has 1 aliphatic heterocycles. The van der Waals surface area contributed by atoms with Crippen LogP contribution in [0.25, 0.3) is 0 Å². The lowest BCUT2D eigenvalue weighted by molar-refractivity contribution is 0.137. The van der Waals surface area contributed by atoms with Gasteiger partial charge in [-0.1, -0.05) is 0 Å². The van der Waals surface area contributed by atoms with Gasteiger partial charge in [-0.2, -0.15) is 0 Å². The third-order valence-electron chi connectivity index (χ3n) is 2.88. The van der Waals surface area contributed by atoms with E-state index >= 15 is 0 Å². The molecule has 1 heterocycles. The van der Waals surface area contributed by atoms with Crippen LogP contribution < -0.4 is 10.5 Å². The number of rotatable bonds is 0. The van der Waals surface area contributed by atoms with Crippen LogP contribution in [-0.4, -0.2) is 5.60 Å². The molecular weight excluding hydrogens is 174 g/mol. The van der Waals surface area contributed by atoms with E-state index in [9.17, 15) is 0 Å². The molecule has 0 radical (unpaired) electrons. The molecule has 76 valence electrons. The van der Waals surface area contributed by atoms with E-state index in [2.05, 4.69) is 20.8 Å². The largest absolute Gasteiger partial charge is 0.487 e. The molecule has 2 N–H and O–H groups in total. The zero-order valence-corrected chi connectivity index (χ0v) is 9.27. The van der Waals surface area contributed by atoms with E-state index < -0.39 is 0 Å². The maximum atomic E-state index is 5.91. The minimum Gasteiger partial charge on any atom is -0.487 e. The fourth-order valence-electron chi connectivity index (χ4n) is 2.06. The molecule has 1 aliphatic rings. The Balaban J connectivity index is 2.61. The average molecular weight is 191 g/mol. The van der Waals surface area contributed by atoms with Crippen LogP contribution in [0.1, 0.15) is 30.5 Å². The van der Waals surface area contributed by atoms with Crippen molar-refractivity contribution in [1.82, 2.24) is 0 Å². The number of aryl methyl sites for hydroxylation is 1. The van der Waals surface area contributed by atoms with E-state index in [1.54, 1.807) is 0 Å². The van der Waals surface area contributed by atoms with E-state index in [-0.39, 0.29) is 5.60 Å². The first-order valence-corrected chi connectivity index (χ1v) is 4.98. The summed E-state index contributed by atoms with van der Waals surface area (Å²) in [7, 11) is 0. The van der Waals surface area contributed by atoms with Crippen molar-refractivity contribution in [2.75, 3.05) is 5.73 Å². The summed E-state index contributed by atoms with van der Waals surface area (Å²) in [5.41, 5.74) is 10.3. The van der Waals surface area contributed by atoms with E-state index in [1.807, 2.05) is 13.0 Å². The van der Waals surface area contributed by atoms with E-state index in [0.29, 0.717) is 0 Å². The number of hydrogen-bond donors (Lipinski definition) is 1. The Kier molecular flexibility index (Phi) is 1.78. The Morgan fingerprint density at radius 3 is 2.64 bits per heavy atom. The summed E-state index contributed by atoms with van der Waals surface area (Å²) in [6.45, 7) is 8.35. The van der Waals surface area contributed by atoms with E-state index in [4.69, 9.17) is 10.5 Å². The molecule has 2 heteroatoms. The van der Waals surface area contributed by atoms with Gasteiger partial charge in [0.15, 0.2) is 0 Å². The highest BCUT2D eigenvalue weighted by atomic mass is 16.5. The lowest BCUT2D eigenvalue weighted by Crippen LogP contribution is -2.24. The Labute approximate surface area is 85.1 Å². The molecule has 0 unspecified atom stereocenters. The van der Waals surface area contributed by atoms with Gasteiger partial charge in [-0.05, 0) is 39.3 Å². The first kappa shape index (κ1) is 9.38. The average Bonchev–Trinajstić information content (AvgIpc) is 2.38. The summed E-state index contributed by atoms with van der Waals surface area (Å²) >= 11 is 0. The number of fused-ring (bicyclic) bond motifs is 1. The topological polar surface area (TPSA) is 35.2 Å². The van der Waals surface area contributed by atoms with Crippen LogP contribution >= 0.6 is 0 Å². The SMILES string of the molecule is Cc1cc(N)c(C)c2c1CC(C)(C)O2. The lowest BCUT2D eigenvalue weighted by atomic mass is 9.96. The van der Waals surface area contributed by atoms with Gasteiger partial charge in [-0.3, -0.25) is 0 Å². The molecule has 0 saturated heterocycles. The predicted octanol–water partition coefficient (Wildman–Crippen LogP) is 2.60. The maximum Gasteiger partial charge on any atom is 0.128 e. The van der Waals surface area contributed by atoms with Crippen LogP contribution in [0.4, 0.5) is 5.69 Å². The monoisotopic (exact) mass is 191 g/mol. The van der Waals surface area contributed by atoms with Crippen LogP contribution in [0.3, 0.4) is 0 Å². The Bertz CT molecular complexity index is 394. The Morgan fingerprint density at radius 2 is 2.00 bits per heavy atom. The van der Waals surface area contributed by atoms with Crippen molar-refractivity contribution in [2.24, 2.45) is 0 Å². The fraction of sp³-hybridized carbons (Fsp3) is 0.500. The Morgan fingerprint density at radius 1 is 1.36 bits per heavy atom. The molecule has 1 aromatic rings. The molecule has 1 aromatic carbocycles. The normalized spacial score (nSPS) is 17.7. The van der Waals surface area contributed by atoms with Gasteiger partial charge in [-0.25, -0.2) is 0 Å². The van der Waals surface area contributed by atoms with Crippen molar-refractivity contribution in [1.29, 1.82) is 0 Å². The van der Waals surface area contributed by atoms with E-state index in [0.717, 1.165) is 23.4 Å². The van der Waals surface area contributed by atoms with Crippen LogP contribution in [0.5, 0.6) is 5.75 Å². The summed E-state index contributed by atoms with van der Waals surface area (Å²) in [4.78, 5) is 0. The molecule has 0 aromatic heterocycles. The van der Waals surface area contributed by atoms with Crippen molar-refractivity contribution in [3.8, 4) is 5.75 Å². The molecule has 0 atom stereocenters. The third kappa shape index (κ3) is 1.26. The molecule has 0 spiro atoms. The highest BCUT2D eigenvalue weighted by Crippen LogP contribution is 2.41. The smallest absolute Gasteiger partial charge is 0.128 e.